The van der Waals surface area contributed by atoms with Crippen LogP contribution in [0.2, 0.25) is 0 Å². The lowest BCUT2D eigenvalue weighted by Crippen LogP contribution is -2.58. The van der Waals surface area contributed by atoms with Crippen molar-refractivity contribution in [2.75, 3.05) is 19.7 Å². The molecule has 4 unspecified atom stereocenters. The van der Waals surface area contributed by atoms with Crippen molar-refractivity contribution in [2.45, 2.75) is 57.7 Å². The lowest BCUT2D eigenvalue weighted by atomic mass is 9.97. The van der Waals surface area contributed by atoms with Gasteiger partial charge in [-0.1, -0.05) is 26.7 Å². The Bertz CT molecular complexity index is 530. The van der Waals surface area contributed by atoms with Crippen LogP contribution in [-0.4, -0.2) is 71.7 Å². The number of hydrogen-bond acceptors (Lipinski definition) is 7. The zero-order chi connectivity index (χ0) is 21.7. The fourth-order valence-electron chi connectivity index (χ4n) is 2.34. The molecule has 162 valence electrons. The van der Waals surface area contributed by atoms with E-state index >= 15 is 0 Å². The summed E-state index contributed by atoms with van der Waals surface area (Å²) in [5.41, 5.74) is 11.3. The van der Waals surface area contributed by atoms with Crippen molar-refractivity contribution < 1.29 is 29.4 Å². The van der Waals surface area contributed by atoms with Crippen molar-refractivity contribution in [1.82, 2.24) is 16.0 Å². The molecule has 0 fully saturated rings. The summed E-state index contributed by atoms with van der Waals surface area (Å²) in [5.74, 6) is -3.52. The van der Waals surface area contributed by atoms with Crippen LogP contribution in [0.25, 0.3) is 0 Å². The monoisotopic (exact) mass is 403 g/mol. The van der Waals surface area contributed by atoms with Crippen LogP contribution in [-0.2, 0) is 19.2 Å². The molecule has 0 aromatic carbocycles. The van der Waals surface area contributed by atoms with Crippen molar-refractivity contribution in [3.8, 4) is 0 Å². The molecule has 0 aliphatic rings. The van der Waals surface area contributed by atoms with E-state index in [0.29, 0.717) is 25.8 Å². The van der Waals surface area contributed by atoms with E-state index in [-0.39, 0.29) is 5.92 Å². The summed E-state index contributed by atoms with van der Waals surface area (Å²) in [7, 11) is 0. The van der Waals surface area contributed by atoms with Crippen LogP contribution < -0.4 is 27.4 Å². The molecule has 11 heteroatoms. The van der Waals surface area contributed by atoms with Crippen LogP contribution in [0, 0.1) is 5.92 Å². The number of aliphatic carboxylic acids is 1. The van der Waals surface area contributed by atoms with E-state index in [0.717, 1.165) is 6.42 Å². The van der Waals surface area contributed by atoms with Gasteiger partial charge in [0.25, 0.3) is 0 Å². The van der Waals surface area contributed by atoms with Gasteiger partial charge < -0.3 is 37.6 Å². The second-order valence-corrected chi connectivity index (χ2v) is 6.62. The molecule has 0 aliphatic heterocycles. The molecule has 0 aromatic heterocycles. The molecule has 0 saturated carbocycles. The van der Waals surface area contributed by atoms with E-state index in [4.69, 9.17) is 16.6 Å². The van der Waals surface area contributed by atoms with Crippen molar-refractivity contribution >= 4 is 23.7 Å². The number of nitrogens with one attached hydrogen (secondary N) is 3. The van der Waals surface area contributed by atoms with Crippen LogP contribution in [0.4, 0.5) is 0 Å². The Labute approximate surface area is 164 Å². The van der Waals surface area contributed by atoms with E-state index in [9.17, 15) is 24.3 Å². The lowest BCUT2D eigenvalue weighted by molar-refractivity contribution is -0.139. The van der Waals surface area contributed by atoms with Gasteiger partial charge in [0.1, 0.15) is 18.6 Å². The van der Waals surface area contributed by atoms with Crippen LogP contribution in [0.5, 0.6) is 0 Å². The van der Waals surface area contributed by atoms with Crippen LogP contribution in [0.1, 0.15) is 39.5 Å². The number of hydrogen-bond donors (Lipinski definition) is 7. The number of unbranched alkanes of at least 4 members (excludes halogenated alkanes) is 1. The molecule has 0 aromatic rings. The average Bonchev–Trinajstić information content (AvgIpc) is 2.67. The number of carbonyl (C=O) groups excluding carboxylic acids is 3. The minimum Gasteiger partial charge on any atom is -0.480 e. The molecule has 0 spiro atoms. The predicted octanol–water partition coefficient (Wildman–Crippen LogP) is -2.35. The summed E-state index contributed by atoms with van der Waals surface area (Å²) in [4.78, 5) is 47.3. The minimum atomic E-state index is -1.34. The summed E-state index contributed by atoms with van der Waals surface area (Å²) in [6.45, 7) is 2.72. The van der Waals surface area contributed by atoms with Gasteiger partial charge in [0.15, 0.2) is 0 Å². The summed E-state index contributed by atoms with van der Waals surface area (Å²) >= 11 is 0. The Morgan fingerprint density at radius 2 is 1.68 bits per heavy atom. The fraction of sp³-hybridized carbons (Fsp3) is 0.765. The lowest BCUT2D eigenvalue weighted by Gasteiger charge is -2.27. The Kier molecular flexibility index (Phi) is 12.7. The summed E-state index contributed by atoms with van der Waals surface area (Å²) in [5, 5.41) is 24.9. The first-order valence-electron chi connectivity index (χ1n) is 9.34. The smallest absolute Gasteiger partial charge is 0.322 e. The highest BCUT2D eigenvalue weighted by Crippen LogP contribution is 2.09. The van der Waals surface area contributed by atoms with Gasteiger partial charge >= 0.3 is 5.97 Å². The second-order valence-electron chi connectivity index (χ2n) is 6.62. The average molecular weight is 403 g/mol. The maximum atomic E-state index is 12.6. The molecule has 9 N–H and O–H groups in total. The van der Waals surface area contributed by atoms with Gasteiger partial charge in [-0.05, 0) is 25.3 Å². The SMILES string of the molecule is CCC(C)C(NC(=O)C(N)CCCCN)C(=O)NC(CO)C(=O)NCC(=O)O. The minimum absolute atomic E-state index is 0.262. The van der Waals surface area contributed by atoms with Gasteiger partial charge in [0.2, 0.25) is 17.7 Å². The Balaban J connectivity index is 4.98. The van der Waals surface area contributed by atoms with Crippen LogP contribution in [0.15, 0.2) is 0 Å². The predicted molar refractivity (Wildman–Crippen MR) is 102 cm³/mol. The van der Waals surface area contributed by atoms with Gasteiger partial charge in [0, 0.05) is 0 Å². The molecule has 28 heavy (non-hydrogen) atoms. The van der Waals surface area contributed by atoms with E-state index < -0.39 is 55.0 Å². The molecule has 0 bridgehead atoms. The summed E-state index contributed by atoms with van der Waals surface area (Å²) in [6.07, 6.45) is 2.41. The Morgan fingerprint density at radius 1 is 1.04 bits per heavy atom. The standard InChI is InChI=1S/C17H33N5O6/c1-3-10(2)14(22-15(26)11(19)6-4-5-7-18)17(28)21-12(9-23)16(27)20-8-13(24)25/h10-12,14,23H,3-9,18-19H2,1-2H3,(H,20,27)(H,21,28)(H,22,26)(H,24,25). The number of aliphatic hydroxyl groups excluding tert-OH is 1. The van der Waals surface area contributed by atoms with Gasteiger partial charge in [-0.2, -0.15) is 0 Å². The zero-order valence-electron chi connectivity index (χ0n) is 16.4. The number of carboxylic acids is 1. The first kappa shape index (κ1) is 25.8. The third-order valence-corrected chi connectivity index (χ3v) is 4.33. The number of rotatable bonds is 14. The number of carboxylic acid groups (broad SMARTS) is 1. The topological polar surface area (TPSA) is 197 Å². The normalized spacial score (nSPS) is 15.0. The summed E-state index contributed by atoms with van der Waals surface area (Å²) < 4.78 is 0. The van der Waals surface area contributed by atoms with Crippen LogP contribution >= 0.6 is 0 Å². The first-order chi connectivity index (χ1) is 13.2. The van der Waals surface area contributed by atoms with Gasteiger partial charge in [-0.3, -0.25) is 19.2 Å². The number of nitrogens with two attached hydrogens (primary N) is 2. The Morgan fingerprint density at radius 3 is 2.18 bits per heavy atom. The number of carbonyl (C=O) groups is 4. The molecule has 0 rings (SSSR count). The summed E-state index contributed by atoms with van der Waals surface area (Å²) in [6, 6.07) is -3.09. The first-order valence-corrected chi connectivity index (χ1v) is 9.34. The number of amides is 3. The molecular formula is C17H33N5O6. The van der Waals surface area contributed by atoms with Gasteiger partial charge in [-0.15, -0.1) is 0 Å². The van der Waals surface area contributed by atoms with Crippen molar-refractivity contribution in [2.24, 2.45) is 17.4 Å². The molecule has 0 heterocycles. The van der Waals surface area contributed by atoms with Crippen molar-refractivity contribution in [3.05, 3.63) is 0 Å². The van der Waals surface area contributed by atoms with Crippen molar-refractivity contribution in [3.63, 3.8) is 0 Å². The van der Waals surface area contributed by atoms with Crippen molar-refractivity contribution in [1.29, 1.82) is 0 Å². The molecule has 11 nitrogen and oxygen atoms in total. The molecule has 0 aliphatic carbocycles. The largest absolute Gasteiger partial charge is 0.480 e. The molecule has 0 radical (unpaired) electrons. The third kappa shape index (κ3) is 9.62. The third-order valence-electron chi connectivity index (χ3n) is 4.33. The molecule has 4 atom stereocenters. The maximum Gasteiger partial charge on any atom is 0.322 e. The van der Waals surface area contributed by atoms with E-state index in [1.807, 2.05) is 6.92 Å². The maximum absolute atomic E-state index is 12.6. The van der Waals surface area contributed by atoms with E-state index in [1.165, 1.54) is 0 Å². The van der Waals surface area contributed by atoms with Gasteiger partial charge in [0.05, 0.1) is 12.6 Å². The Hall–Kier alpha value is -2.24. The highest BCUT2D eigenvalue weighted by molar-refractivity contribution is 5.93. The van der Waals surface area contributed by atoms with Crippen LogP contribution in [0.3, 0.4) is 0 Å². The quantitative estimate of drug-likeness (QED) is 0.156. The highest BCUT2D eigenvalue weighted by atomic mass is 16.4. The molecule has 3 amide bonds. The zero-order valence-corrected chi connectivity index (χ0v) is 16.4. The van der Waals surface area contributed by atoms with E-state index in [1.54, 1.807) is 6.92 Å². The fourth-order valence-corrected chi connectivity index (χ4v) is 2.34. The molecule has 0 saturated heterocycles. The second kappa shape index (κ2) is 13.9. The number of aliphatic hydroxyl groups is 1. The van der Waals surface area contributed by atoms with Gasteiger partial charge in [-0.25, -0.2) is 0 Å². The highest BCUT2D eigenvalue weighted by Gasteiger charge is 2.30. The molecular weight excluding hydrogens is 370 g/mol. The van der Waals surface area contributed by atoms with E-state index in [2.05, 4.69) is 16.0 Å².